The third-order valence-corrected chi connectivity index (χ3v) is 3.47. The number of hydrogen-bond acceptors (Lipinski definition) is 2. The smallest absolute Gasteiger partial charge is 0.257 e. The van der Waals surface area contributed by atoms with Gasteiger partial charge < -0.3 is 4.90 Å². The maximum atomic E-state index is 12.3. The predicted octanol–water partition coefficient (Wildman–Crippen LogP) is 3.32. The van der Waals surface area contributed by atoms with Gasteiger partial charge in [0.25, 0.3) is 5.91 Å². The molecule has 1 aliphatic rings. The van der Waals surface area contributed by atoms with Crippen LogP contribution in [0.15, 0.2) is 6.07 Å². The molecule has 0 bridgehead atoms. The Balaban J connectivity index is 2.30. The highest BCUT2D eigenvalue weighted by Crippen LogP contribution is 2.24. The molecule has 1 aliphatic heterocycles. The summed E-state index contributed by atoms with van der Waals surface area (Å²) >= 11 is 11.8. The molecule has 1 aromatic heterocycles. The first kappa shape index (κ1) is 12.7. The van der Waals surface area contributed by atoms with Gasteiger partial charge in [0.2, 0.25) is 0 Å². The number of aryl methyl sites for hydroxylation is 1. The molecule has 1 aromatic rings. The molecule has 0 radical (unpaired) electrons. The summed E-state index contributed by atoms with van der Waals surface area (Å²) in [6.07, 6.45) is 3.31. The van der Waals surface area contributed by atoms with Crippen molar-refractivity contribution < 1.29 is 4.79 Å². The van der Waals surface area contributed by atoms with Gasteiger partial charge in [0.05, 0.1) is 5.56 Å². The lowest BCUT2D eigenvalue weighted by atomic mass is 10.1. The van der Waals surface area contributed by atoms with Gasteiger partial charge in [-0.1, -0.05) is 23.2 Å². The molecule has 0 saturated carbocycles. The molecule has 1 fully saturated rings. The minimum atomic E-state index is -0.0311. The number of carbonyl (C=O) groups excluding carboxylic acids is 1. The number of amides is 1. The minimum absolute atomic E-state index is 0.0311. The van der Waals surface area contributed by atoms with E-state index >= 15 is 0 Å². The van der Waals surface area contributed by atoms with E-state index in [1.165, 1.54) is 6.42 Å². The molecule has 0 N–H and O–H groups in total. The molecule has 17 heavy (non-hydrogen) atoms. The Morgan fingerprint density at radius 2 is 1.94 bits per heavy atom. The number of aromatic nitrogens is 1. The van der Waals surface area contributed by atoms with Gasteiger partial charge in [-0.15, -0.1) is 0 Å². The van der Waals surface area contributed by atoms with Crippen LogP contribution in [-0.4, -0.2) is 28.9 Å². The second-order valence-electron chi connectivity index (χ2n) is 4.28. The van der Waals surface area contributed by atoms with Crippen LogP contribution < -0.4 is 0 Å². The fourth-order valence-electron chi connectivity index (χ4n) is 2.11. The lowest BCUT2D eigenvalue weighted by Gasteiger charge is -2.27. The van der Waals surface area contributed by atoms with Crippen LogP contribution in [0.2, 0.25) is 10.3 Å². The van der Waals surface area contributed by atoms with Crippen LogP contribution in [0.5, 0.6) is 0 Å². The third kappa shape index (κ3) is 2.72. The minimum Gasteiger partial charge on any atom is -0.339 e. The topological polar surface area (TPSA) is 33.2 Å². The van der Waals surface area contributed by atoms with Crippen molar-refractivity contribution >= 4 is 29.1 Å². The molecular weight excluding hydrogens is 259 g/mol. The lowest BCUT2D eigenvalue weighted by Crippen LogP contribution is -2.36. The SMILES string of the molecule is Cc1cc(Cl)nc(Cl)c1C(=O)N1CCCCC1. The number of nitrogens with zero attached hydrogens (tertiary/aromatic N) is 2. The average Bonchev–Trinajstić information content (AvgIpc) is 2.28. The van der Waals surface area contributed by atoms with Gasteiger partial charge in [0, 0.05) is 13.1 Å². The van der Waals surface area contributed by atoms with Crippen molar-refractivity contribution in [3.63, 3.8) is 0 Å². The summed E-state index contributed by atoms with van der Waals surface area (Å²) in [5.74, 6) is -0.0311. The van der Waals surface area contributed by atoms with Crippen LogP contribution in [0.4, 0.5) is 0 Å². The van der Waals surface area contributed by atoms with E-state index in [0.717, 1.165) is 31.5 Å². The van der Waals surface area contributed by atoms with Crippen LogP contribution >= 0.6 is 23.2 Å². The summed E-state index contributed by atoms with van der Waals surface area (Å²) in [6.45, 7) is 3.44. The normalized spacial score (nSPS) is 16.1. The van der Waals surface area contributed by atoms with E-state index in [1.807, 2.05) is 11.8 Å². The van der Waals surface area contributed by atoms with E-state index in [-0.39, 0.29) is 11.1 Å². The average molecular weight is 273 g/mol. The predicted molar refractivity (Wildman–Crippen MR) is 68.7 cm³/mol. The maximum absolute atomic E-state index is 12.3. The number of rotatable bonds is 1. The third-order valence-electron chi connectivity index (χ3n) is 3.00. The van der Waals surface area contributed by atoms with Crippen molar-refractivity contribution in [1.82, 2.24) is 9.88 Å². The summed E-state index contributed by atoms with van der Waals surface area (Å²) in [6, 6.07) is 1.67. The van der Waals surface area contributed by atoms with Gasteiger partial charge in [-0.05, 0) is 37.8 Å². The standard InChI is InChI=1S/C12H14Cl2N2O/c1-8-7-9(13)15-11(14)10(8)12(17)16-5-3-2-4-6-16/h7H,2-6H2,1H3. The Kier molecular flexibility index (Phi) is 3.89. The maximum Gasteiger partial charge on any atom is 0.257 e. The number of hydrogen-bond donors (Lipinski definition) is 0. The number of likely N-dealkylation sites (tertiary alicyclic amines) is 1. The highest BCUT2D eigenvalue weighted by molar-refractivity contribution is 6.34. The molecule has 3 nitrogen and oxygen atoms in total. The molecule has 2 heterocycles. The largest absolute Gasteiger partial charge is 0.339 e. The van der Waals surface area contributed by atoms with E-state index in [2.05, 4.69) is 4.98 Å². The van der Waals surface area contributed by atoms with Crippen LogP contribution in [0.1, 0.15) is 35.2 Å². The molecule has 0 unspecified atom stereocenters. The first-order valence-corrected chi connectivity index (χ1v) is 6.47. The quantitative estimate of drug-likeness (QED) is 0.735. The Hall–Kier alpha value is -0.800. The monoisotopic (exact) mass is 272 g/mol. The lowest BCUT2D eigenvalue weighted by molar-refractivity contribution is 0.0723. The highest BCUT2D eigenvalue weighted by Gasteiger charge is 2.23. The number of carbonyl (C=O) groups is 1. The van der Waals surface area contributed by atoms with Gasteiger partial charge in [-0.2, -0.15) is 0 Å². The second-order valence-corrected chi connectivity index (χ2v) is 5.03. The molecule has 92 valence electrons. The van der Waals surface area contributed by atoms with E-state index in [9.17, 15) is 4.79 Å². The van der Waals surface area contributed by atoms with Crippen molar-refractivity contribution in [2.75, 3.05) is 13.1 Å². The van der Waals surface area contributed by atoms with Crippen LogP contribution in [0.25, 0.3) is 0 Å². The molecule has 5 heteroatoms. The Labute approximate surface area is 111 Å². The Morgan fingerprint density at radius 3 is 2.53 bits per heavy atom. The molecule has 1 amide bonds. The van der Waals surface area contributed by atoms with Gasteiger partial charge in [-0.25, -0.2) is 4.98 Å². The van der Waals surface area contributed by atoms with Crippen LogP contribution in [0, 0.1) is 6.92 Å². The molecular formula is C12H14Cl2N2O. The first-order chi connectivity index (χ1) is 8.09. The molecule has 0 aliphatic carbocycles. The van der Waals surface area contributed by atoms with Crippen molar-refractivity contribution in [3.8, 4) is 0 Å². The zero-order chi connectivity index (χ0) is 12.4. The summed E-state index contributed by atoms with van der Waals surface area (Å²) in [5, 5.41) is 0.522. The molecule has 2 rings (SSSR count). The number of pyridine rings is 1. The molecule has 0 atom stereocenters. The molecule has 1 saturated heterocycles. The second kappa shape index (κ2) is 5.23. The molecule has 0 spiro atoms. The summed E-state index contributed by atoms with van der Waals surface area (Å²) in [7, 11) is 0. The van der Waals surface area contributed by atoms with E-state index in [0.29, 0.717) is 10.7 Å². The van der Waals surface area contributed by atoms with Gasteiger partial charge in [0.1, 0.15) is 10.3 Å². The summed E-state index contributed by atoms with van der Waals surface area (Å²) in [4.78, 5) is 18.1. The Bertz CT molecular complexity index is 419. The van der Waals surface area contributed by atoms with Gasteiger partial charge in [0.15, 0.2) is 0 Å². The fourth-order valence-corrected chi connectivity index (χ4v) is 2.72. The summed E-state index contributed by atoms with van der Waals surface area (Å²) in [5.41, 5.74) is 1.27. The number of halogens is 2. The van der Waals surface area contributed by atoms with Crippen molar-refractivity contribution in [2.45, 2.75) is 26.2 Å². The van der Waals surface area contributed by atoms with Crippen LogP contribution in [0.3, 0.4) is 0 Å². The van der Waals surface area contributed by atoms with Crippen molar-refractivity contribution in [2.24, 2.45) is 0 Å². The zero-order valence-corrected chi connectivity index (χ0v) is 11.2. The van der Waals surface area contributed by atoms with E-state index in [4.69, 9.17) is 23.2 Å². The first-order valence-electron chi connectivity index (χ1n) is 5.71. The summed E-state index contributed by atoms with van der Waals surface area (Å²) < 4.78 is 0. The zero-order valence-electron chi connectivity index (χ0n) is 9.67. The van der Waals surface area contributed by atoms with Crippen molar-refractivity contribution in [1.29, 1.82) is 0 Å². The van der Waals surface area contributed by atoms with Crippen molar-refractivity contribution in [3.05, 3.63) is 27.5 Å². The Morgan fingerprint density at radius 1 is 1.29 bits per heavy atom. The van der Waals surface area contributed by atoms with Crippen LogP contribution in [-0.2, 0) is 0 Å². The van der Waals surface area contributed by atoms with E-state index < -0.39 is 0 Å². The van der Waals surface area contributed by atoms with Gasteiger partial charge in [-0.3, -0.25) is 4.79 Å². The molecule has 0 aromatic carbocycles. The van der Waals surface area contributed by atoms with Gasteiger partial charge >= 0.3 is 0 Å². The fraction of sp³-hybridized carbons (Fsp3) is 0.500. The highest BCUT2D eigenvalue weighted by atomic mass is 35.5. The number of piperidine rings is 1. The van der Waals surface area contributed by atoms with E-state index in [1.54, 1.807) is 6.07 Å².